The maximum absolute atomic E-state index is 14.4. The summed E-state index contributed by atoms with van der Waals surface area (Å²) in [6.07, 6.45) is 0. The summed E-state index contributed by atoms with van der Waals surface area (Å²) in [6, 6.07) is 10.0. The number of methoxy groups -OCH3 is 2. The molecule has 8 nitrogen and oxygen atoms in total. The highest BCUT2D eigenvalue weighted by molar-refractivity contribution is 7.89. The number of halogens is 1. The summed E-state index contributed by atoms with van der Waals surface area (Å²) in [5.41, 5.74) is 1.77. The number of nitrogens with two attached hydrogens (primary N) is 1. The van der Waals surface area contributed by atoms with Crippen molar-refractivity contribution in [2.24, 2.45) is 5.14 Å². The first-order valence-corrected chi connectivity index (χ1v) is 10.4. The molecule has 0 radical (unpaired) electrons. The van der Waals surface area contributed by atoms with Crippen molar-refractivity contribution in [2.45, 2.75) is 18.4 Å². The number of aromatic nitrogens is 2. The third kappa shape index (κ3) is 3.91. The summed E-state index contributed by atoms with van der Waals surface area (Å²) in [4.78, 5) is 12.5. The van der Waals surface area contributed by atoms with Crippen molar-refractivity contribution in [3.05, 3.63) is 54.0 Å². The first-order valence-electron chi connectivity index (χ1n) is 8.87. The number of esters is 1. The molecular formula is C20H20FN3O5S. The molecule has 1 heterocycles. The van der Waals surface area contributed by atoms with Gasteiger partial charge in [-0.05, 0) is 36.8 Å². The zero-order chi connectivity index (χ0) is 22.1. The quantitative estimate of drug-likeness (QED) is 0.598. The van der Waals surface area contributed by atoms with E-state index >= 15 is 0 Å². The topological polar surface area (TPSA) is 114 Å². The Morgan fingerprint density at radius 1 is 1.13 bits per heavy atom. The lowest BCUT2D eigenvalue weighted by Crippen LogP contribution is -2.11. The molecule has 0 spiro atoms. The van der Waals surface area contributed by atoms with Crippen LogP contribution in [0.25, 0.3) is 22.4 Å². The molecule has 2 aromatic carbocycles. The van der Waals surface area contributed by atoms with Crippen molar-refractivity contribution in [1.82, 2.24) is 9.78 Å². The number of ether oxygens (including phenoxy) is 2. The fraction of sp³-hybridized carbons (Fsp3) is 0.200. The van der Waals surface area contributed by atoms with E-state index in [-0.39, 0.29) is 16.3 Å². The summed E-state index contributed by atoms with van der Waals surface area (Å²) >= 11 is 0. The van der Waals surface area contributed by atoms with Crippen molar-refractivity contribution < 1.29 is 27.1 Å². The summed E-state index contributed by atoms with van der Waals surface area (Å²) in [5.74, 6) is -1.19. The van der Waals surface area contributed by atoms with Gasteiger partial charge in [-0.25, -0.2) is 22.7 Å². The average Bonchev–Trinajstić information content (AvgIpc) is 3.12. The molecule has 0 aliphatic carbocycles. The third-order valence-corrected chi connectivity index (χ3v) is 5.46. The van der Waals surface area contributed by atoms with Crippen LogP contribution in [0.3, 0.4) is 0 Å². The van der Waals surface area contributed by atoms with E-state index in [2.05, 4.69) is 5.10 Å². The molecule has 0 saturated carbocycles. The number of aryl methyl sites for hydroxylation is 1. The first kappa shape index (κ1) is 21.5. The number of hydrogen-bond acceptors (Lipinski definition) is 6. The van der Waals surface area contributed by atoms with Crippen molar-refractivity contribution in [2.75, 3.05) is 14.2 Å². The van der Waals surface area contributed by atoms with Crippen LogP contribution in [0.4, 0.5) is 4.39 Å². The number of sulfonamides is 1. The van der Waals surface area contributed by atoms with Gasteiger partial charge in [-0.2, -0.15) is 5.10 Å². The van der Waals surface area contributed by atoms with Gasteiger partial charge < -0.3 is 9.47 Å². The number of carbonyl (C=O) groups is 1. The van der Waals surface area contributed by atoms with Crippen LogP contribution in [0, 0.1) is 5.82 Å². The number of carbonyl (C=O) groups excluding carboxylic acids is 1. The fourth-order valence-corrected chi connectivity index (χ4v) is 3.61. The molecular weight excluding hydrogens is 413 g/mol. The Morgan fingerprint density at radius 3 is 2.27 bits per heavy atom. The van der Waals surface area contributed by atoms with Crippen LogP contribution in [0.2, 0.25) is 0 Å². The molecule has 0 unspecified atom stereocenters. The molecule has 0 aliphatic heterocycles. The first-order chi connectivity index (χ1) is 14.2. The van der Waals surface area contributed by atoms with Crippen molar-refractivity contribution in [3.8, 4) is 28.1 Å². The van der Waals surface area contributed by atoms with Crippen molar-refractivity contribution in [1.29, 1.82) is 0 Å². The minimum absolute atomic E-state index is 0.0558. The van der Waals surface area contributed by atoms with Crippen molar-refractivity contribution >= 4 is 16.0 Å². The Kier molecular flexibility index (Phi) is 5.90. The van der Waals surface area contributed by atoms with Gasteiger partial charge in [0.2, 0.25) is 10.0 Å². The summed E-state index contributed by atoms with van der Waals surface area (Å²) in [5, 5.41) is 9.65. The van der Waals surface area contributed by atoms with E-state index in [9.17, 15) is 17.6 Å². The van der Waals surface area contributed by atoms with E-state index in [1.807, 2.05) is 0 Å². The largest absolute Gasteiger partial charge is 0.494 e. The number of nitrogens with zero attached hydrogens (tertiary/aromatic N) is 2. The van der Waals surface area contributed by atoms with Gasteiger partial charge in [-0.15, -0.1) is 0 Å². The van der Waals surface area contributed by atoms with E-state index < -0.39 is 21.8 Å². The van der Waals surface area contributed by atoms with Crippen LogP contribution in [0.1, 0.15) is 17.4 Å². The zero-order valence-corrected chi connectivity index (χ0v) is 17.4. The monoisotopic (exact) mass is 433 g/mol. The third-order valence-electron chi connectivity index (χ3n) is 4.53. The molecule has 0 aliphatic rings. The van der Waals surface area contributed by atoms with Gasteiger partial charge >= 0.3 is 5.97 Å². The van der Waals surface area contributed by atoms with Gasteiger partial charge in [0.25, 0.3) is 0 Å². The van der Waals surface area contributed by atoms with Gasteiger partial charge in [0, 0.05) is 17.7 Å². The lowest BCUT2D eigenvalue weighted by atomic mass is 9.98. The standard InChI is InChI=1S/C20H20FN3O5S/c1-4-24-19(20(25)29-3)17(13-7-10-16(28-2)15(21)11-13)18(23-24)12-5-8-14(9-6-12)30(22,26)27/h5-11H,4H2,1-3H3,(H2,22,26,27). The second kappa shape index (κ2) is 8.25. The van der Waals surface area contributed by atoms with Gasteiger partial charge in [0.1, 0.15) is 5.69 Å². The Labute approximate surface area is 173 Å². The van der Waals surface area contributed by atoms with Crippen LogP contribution < -0.4 is 9.88 Å². The van der Waals surface area contributed by atoms with Gasteiger partial charge in [-0.3, -0.25) is 4.68 Å². The molecule has 0 bridgehead atoms. The van der Waals surface area contributed by atoms with Crippen LogP contribution in [-0.4, -0.2) is 38.4 Å². The fourth-order valence-electron chi connectivity index (χ4n) is 3.09. The molecule has 3 aromatic rings. The average molecular weight is 433 g/mol. The summed E-state index contributed by atoms with van der Waals surface area (Å²) in [7, 11) is -1.27. The van der Waals surface area contributed by atoms with Crippen LogP contribution in [-0.2, 0) is 21.3 Å². The predicted octanol–water partition coefficient (Wildman–Crippen LogP) is 2.82. The maximum atomic E-state index is 14.4. The van der Waals surface area contributed by atoms with E-state index in [1.165, 1.54) is 55.3 Å². The Balaban J connectivity index is 2.29. The predicted molar refractivity (Wildman–Crippen MR) is 108 cm³/mol. The highest BCUT2D eigenvalue weighted by Crippen LogP contribution is 2.37. The second-order valence-electron chi connectivity index (χ2n) is 6.30. The highest BCUT2D eigenvalue weighted by Gasteiger charge is 2.26. The molecule has 0 amide bonds. The molecule has 0 saturated heterocycles. The molecule has 1 aromatic heterocycles. The zero-order valence-electron chi connectivity index (χ0n) is 16.5. The lowest BCUT2D eigenvalue weighted by Gasteiger charge is -2.09. The molecule has 3 rings (SSSR count). The molecule has 0 fully saturated rings. The maximum Gasteiger partial charge on any atom is 0.356 e. The van der Waals surface area contributed by atoms with E-state index in [0.29, 0.717) is 28.9 Å². The number of hydrogen-bond donors (Lipinski definition) is 1. The smallest absolute Gasteiger partial charge is 0.356 e. The van der Waals surface area contributed by atoms with Crippen molar-refractivity contribution in [3.63, 3.8) is 0 Å². The Bertz CT molecular complexity index is 1200. The normalized spacial score (nSPS) is 11.4. The minimum atomic E-state index is -3.87. The molecule has 158 valence electrons. The molecule has 30 heavy (non-hydrogen) atoms. The van der Waals surface area contributed by atoms with E-state index in [0.717, 1.165) is 0 Å². The minimum Gasteiger partial charge on any atom is -0.494 e. The SMILES string of the molecule is CCn1nc(-c2ccc(S(N)(=O)=O)cc2)c(-c2ccc(OC)c(F)c2)c1C(=O)OC. The van der Waals surface area contributed by atoms with Gasteiger partial charge in [0.05, 0.1) is 19.1 Å². The van der Waals surface area contributed by atoms with Gasteiger partial charge in [-0.1, -0.05) is 18.2 Å². The van der Waals surface area contributed by atoms with Gasteiger partial charge in [0.15, 0.2) is 17.3 Å². The van der Waals surface area contributed by atoms with Crippen LogP contribution in [0.15, 0.2) is 47.4 Å². The summed E-state index contributed by atoms with van der Waals surface area (Å²) < 4.78 is 48.8. The molecule has 10 heteroatoms. The van der Waals surface area contributed by atoms with E-state index in [4.69, 9.17) is 14.6 Å². The lowest BCUT2D eigenvalue weighted by molar-refractivity contribution is 0.0587. The van der Waals surface area contributed by atoms with Crippen LogP contribution >= 0.6 is 0 Å². The summed E-state index contributed by atoms with van der Waals surface area (Å²) in [6.45, 7) is 2.15. The Morgan fingerprint density at radius 2 is 1.77 bits per heavy atom. The number of primary sulfonamides is 1. The highest BCUT2D eigenvalue weighted by atomic mass is 32.2. The molecule has 2 N–H and O–H groups in total. The number of benzene rings is 2. The second-order valence-corrected chi connectivity index (χ2v) is 7.86. The van der Waals surface area contributed by atoms with E-state index in [1.54, 1.807) is 13.0 Å². The molecule has 0 atom stereocenters. The Hall–Kier alpha value is -3.24. The number of rotatable bonds is 6. The van der Waals surface area contributed by atoms with Crippen LogP contribution in [0.5, 0.6) is 5.75 Å².